The minimum absolute atomic E-state index is 0.103. The maximum atomic E-state index is 12.9. The van der Waals surface area contributed by atoms with Crippen molar-refractivity contribution in [1.29, 1.82) is 0 Å². The van der Waals surface area contributed by atoms with Crippen molar-refractivity contribution in [2.75, 3.05) is 14.2 Å². The first-order valence-electron chi connectivity index (χ1n) is 10.4. The van der Waals surface area contributed by atoms with Crippen LogP contribution in [0.5, 0.6) is 11.5 Å². The molecule has 1 atom stereocenters. The fourth-order valence-electron chi connectivity index (χ4n) is 3.45. The Labute approximate surface area is 192 Å². The summed E-state index contributed by atoms with van der Waals surface area (Å²) in [4.78, 5) is 35.0. The number of nitrogens with zero attached hydrogens (tertiary/aromatic N) is 2. The molecule has 0 aliphatic carbocycles. The number of hydroxylamine groups is 2. The lowest BCUT2D eigenvalue weighted by Gasteiger charge is -2.38. The quantitative estimate of drug-likeness (QED) is 0.509. The Morgan fingerprint density at radius 3 is 2.09 bits per heavy atom. The molecule has 0 fully saturated rings. The molecular weight excluding hydrogens is 422 g/mol. The van der Waals surface area contributed by atoms with Gasteiger partial charge in [0.15, 0.2) is 17.2 Å². The molecule has 0 bridgehead atoms. The topological polar surface area (TPSA) is 101 Å². The number of nitrogens with one attached hydrogen (secondary N) is 1. The Kier molecular flexibility index (Phi) is 7.30. The van der Waals surface area contributed by atoms with Gasteiger partial charge >= 0.3 is 5.97 Å². The van der Waals surface area contributed by atoms with Gasteiger partial charge < -0.3 is 20.0 Å². The van der Waals surface area contributed by atoms with Crippen molar-refractivity contribution in [1.82, 2.24) is 15.4 Å². The van der Waals surface area contributed by atoms with Gasteiger partial charge in [0.1, 0.15) is 11.6 Å². The van der Waals surface area contributed by atoms with Gasteiger partial charge in [0.25, 0.3) is 5.91 Å². The number of benzene rings is 2. The molecule has 33 heavy (non-hydrogen) atoms. The highest BCUT2D eigenvalue weighted by Crippen LogP contribution is 2.35. The van der Waals surface area contributed by atoms with Crippen LogP contribution < -0.4 is 10.1 Å². The smallest absolute Gasteiger partial charge is 0.347 e. The first-order chi connectivity index (χ1) is 15.8. The summed E-state index contributed by atoms with van der Waals surface area (Å²) < 4.78 is 4.99. The van der Waals surface area contributed by atoms with Crippen LogP contribution in [-0.2, 0) is 15.2 Å². The monoisotopic (exact) mass is 449 g/mol. The van der Waals surface area contributed by atoms with Crippen LogP contribution in [0.15, 0.2) is 72.9 Å². The van der Waals surface area contributed by atoms with E-state index in [1.165, 1.54) is 31.4 Å². The minimum atomic E-state index is -1.01. The van der Waals surface area contributed by atoms with E-state index >= 15 is 0 Å². The lowest BCUT2D eigenvalue weighted by atomic mass is 9.84. The summed E-state index contributed by atoms with van der Waals surface area (Å²) in [6.07, 6.45) is 1.33. The number of methoxy groups -OCH3 is 1. The number of aromatic hydroxyl groups is 1. The van der Waals surface area contributed by atoms with Gasteiger partial charge in [-0.3, -0.25) is 4.79 Å². The minimum Gasteiger partial charge on any atom is -0.503 e. The van der Waals surface area contributed by atoms with Gasteiger partial charge in [-0.25, -0.2) is 9.78 Å². The average Bonchev–Trinajstić information content (AvgIpc) is 2.84. The van der Waals surface area contributed by atoms with Crippen molar-refractivity contribution in [2.45, 2.75) is 25.4 Å². The van der Waals surface area contributed by atoms with E-state index in [0.717, 1.165) is 11.1 Å². The first kappa shape index (κ1) is 23.7. The summed E-state index contributed by atoms with van der Waals surface area (Å²) in [7, 11) is 3.03. The lowest BCUT2D eigenvalue weighted by molar-refractivity contribution is -0.207. The molecule has 0 aliphatic heterocycles. The third-order valence-electron chi connectivity index (χ3n) is 5.55. The van der Waals surface area contributed by atoms with Crippen molar-refractivity contribution in [3.8, 4) is 11.5 Å². The maximum absolute atomic E-state index is 12.9. The number of hydrogen-bond acceptors (Lipinski definition) is 7. The number of pyridine rings is 1. The predicted octanol–water partition coefficient (Wildman–Crippen LogP) is 3.27. The van der Waals surface area contributed by atoms with E-state index in [1.807, 2.05) is 67.6 Å². The number of carbonyl (C=O) groups excluding carboxylic acids is 2. The van der Waals surface area contributed by atoms with Gasteiger partial charge in [-0.05, 0) is 25.0 Å². The molecule has 2 N–H and O–H groups in total. The molecule has 0 saturated heterocycles. The molecule has 8 nitrogen and oxygen atoms in total. The zero-order chi connectivity index (χ0) is 24.0. The second kappa shape index (κ2) is 10.1. The number of aromatic nitrogens is 1. The molecular formula is C25H27N3O5. The van der Waals surface area contributed by atoms with Crippen molar-refractivity contribution >= 4 is 11.9 Å². The number of hydrogen-bond donors (Lipinski definition) is 2. The maximum Gasteiger partial charge on any atom is 0.347 e. The molecule has 1 heterocycles. The molecule has 1 amide bonds. The van der Waals surface area contributed by atoms with E-state index in [0.29, 0.717) is 0 Å². The zero-order valence-corrected chi connectivity index (χ0v) is 19.0. The Morgan fingerprint density at radius 2 is 1.58 bits per heavy atom. The average molecular weight is 450 g/mol. The van der Waals surface area contributed by atoms with Crippen LogP contribution in [0, 0.1) is 0 Å². The van der Waals surface area contributed by atoms with E-state index in [1.54, 1.807) is 7.05 Å². The van der Waals surface area contributed by atoms with Crippen molar-refractivity contribution in [2.24, 2.45) is 0 Å². The summed E-state index contributed by atoms with van der Waals surface area (Å²) in [5, 5.41) is 14.1. The molecule has 8 heteroatoms. The summed E-state index contributed by atoms with van der Waals surface area (Å²) in [5.74, 6) is -1.71. The van der Waals surface area contributed by atoms with Crippen LogP contribution >= 0.6 is 0 Å². The van der Waals surface area contributed by atoms with Crippen molar-refractivity contribution in [3.05, 3.63) is 89.7 Å². The normalized spacial score (nSPS) is 12.2. The highest BCUT2D eigenvalue weighted by atomic mass is 16.7. The summed E-state index contributed by atoms with van der Waals surface area (Å²) in [6.45, 7) is 3.44. The SMILES string of the molecule is COc1ccnc(C(=O)NC(C)C(=O)ON(C)C(C)(c2ccccc2)c2ccccc2)c1O. The van der Waals surface area contributed by atoms with Crippen LogP contribution in [-0.4, -0.2) is 47.2 Å². The second-order valence-corrected chi connectivity index (χ2v) is 7.62. The third kappa shape index (κ3) is 4.96. The van der Waals surface area contributed by atoms with E-state index < -0.39 is 29.2 Å². The van der Waals surface area contributed by atoms with Crippen LogP contribution in [0.25, 0.3) is 0 Å². The predicted molar refractivity (Wildman–Crippen MR) is 123 cm³/mol. The van der Waals surface area contributed by atoms with Crippen molar-refractivity contribution < 1.29 is 24.3 Å². The van der Waals surface area contributed by atoms with Gasteiger partial charge in [0, 0.05) is 19.3 Å². The van der Waals surface area contributed by atoms with Gasteiger partial charge in [-0.1, -0.05) is 60.7 Å². The van der Waals surface area contributed by atoms with Crippen LogP contribution in [0.2, 0.25) is 0 Å². The molecule has 0 aliphatic rings. The molecule has 172 valence electrons. The summed E-state index contributed by atoms with van der Waals surface area (Å²) >= 11 is 0. The number of amides is 1. The number of carbonyl (C=O) groups is 2. The summed E-state index contributed by atoms with van der Waals surface area (Å²) in [5.41, 5.74) is 0.817. The molecule has 3 aromatic rings. The summed E-state index contributed by atoms with van der Waals surface area (Å²) in [6, 6.07) is 19.8. The van der Waals surface area contributed by atoms with E-state index in [9.17, 15) is 14.7 Å². The van der Waals surface area contributed by atoms with Gasteiger partial charge in [-0.15, -0.1) is 5.06 Å². The highest BCUT2D eigenvalue weighted by molar-refractivity contribution is 5.97. The molecule has 0 saturated carbocycles. The fraction of sp³-hybridized carbons (Fsp3) is 0.240. The van der Waals surface area contributed by atoms with E-state index in [4.69, 9.17) is 9.57 Å². The van der Waals surface area contributed by atoms with Crippen molar-refractivity contribution in [3.63, 3.8) is 0 Å². The Balaban J connectivity index is 1.78. The standard InChI is InChI=1S/C25H27N3O5/c1-17(27-23(30)21-22(29)20(32-4)15-16-26-21)24(31)33-28(3)25(2,18-11-7-5-8-12-18)19-13-9-6-10-14-19/h5-17,29H,1-4H3,(H,27,30). The molecule has 1 aromatic heterocycles. The van der Waals surface area contributed by atoms with E-state index in [-0.39, 0.29) is 11.4 Å². The van der Waals surface area contributed by atoms with Crippen LogP contribution in [0.1, 0.15) is 35.5 Å². The van der Waals surface area contributed by atoms with Gasteiger partial charge in [0.05, 0.1) is 7.11 Å². The molecule has 0 spiro atoms. The largest absolute Gasteiger partial charge is 0.503 e. The fourth-order valence-corrected chi connectivity index (χ4v) is 3.45. The molecule has 3 rings (SSSR count). The highest BCUT2D eigenvalue weighted by Gasteiger charge is 2.37. The van der Waals surface area contributed by atoms with E-state index in [2.05, 4.69) is 10.3 Å². The number of rotatable bonds is 8. The van der Waals surface area contributed by atoms with Gasteiger partial charge in [-0.2, -0.15) is 0 Å². The Bertz CT molecular complexity index is 1070. The lowest BCUT2D eigenvalue weighted by Crippen LogP contribution is -2.47. The molecule has 0 radical (unpaired) electrons. The van der Waals surface area contributed by atoms with Crippen LogP contribution in [0.3, 0.4) is 0 Å². The molecule has 1 unspecified atom stereocenters. The number of ether oxygens (including phenoxy) is 1. The van der Waals surface area contributed by atoms with Gasteiger partial charge in [0.2, 0.25) is 0 Å². The first-order valence-corrected chi connectivity index (χ1v) is 10.4. The van der Waals surface area contributed by atoms with Crippen LogP contribution in [0.4, 0.5) is 0 Å². The Morgan fingerprint density at radius 1 is 1.03 bits per heavy atom. The molecule has 2 aromatic carbocycles. The third-order valence-corrected chi connectivity index (χ3v) is 5.55. The second-order valence-electron chi connectivity index (χ2n) is 7.62. The zero-order valence-electron chi connectivity index (χ0n) is 19.0. The Hall–Kier alpha value is -3.91.